The molecule has 1 N–H and O–H groups in total. The predicted molar refractivity (Wildman–Crippen MR) is 118 cm³/mol. The van der Waals surface area contributed by atoms with Crippen molar-refractivity contribution in [2.75, 3.05) is 0 Å². The molecule has 2 heteroatoms. The summed E-state index contributed by atoms with van der Waals surface area (Å²) in [6.07, 6.45) is 18.6. The van der Waals surface area contributed by atoms with Gasteiger partial charge in [0.15, 0.2) is 0 Å². The molecule has 0 aromatic carbocycles. The molecule has 0 aliphatic heterocycles. The van der Waals surface area contributed by atoms with Crippen LogP contribution in [0.2, 0.25) is 13.3 Å². The van der Waals surface area contributed by atoms with Crippen LogP contribution in [0.1, 0.15) is 86.0 Å². The van der Waals surface area contributed by atoms with Gasteiger partial charge in [0.05, 0.1) is 0 Å². The molecule has 0 amide bonds. The summed E-state index contributed by atoms with van der Waals surface area (Å²) in [5.74, 6) is 0. The van der Waals surface area contributed by atoms with E-state index >= 15 is 0 Å². The van der Waals surface area contributed by atoms with Crippen LogP contribution in [-0.4, -0.2) is 29.6 Å². The molecule has 0 rings (SSSR count). The van der Waals surface area contributed by atoms with Gasteiger partial charge in [-0.3, -0.25) is 0 Å². The number of hydrogen-bond acceptors (Lipinski definition) is 1. The molecule has 0 heterocycles. The second-order valence-corrected chi connectivity index (χ2v) is 20.6. The van der Waals surface area contributed by atoms with Gasteiger partial charge in [-0.15, -0.1) is 0 Å². The summed E-state index contributed by atoms with van der Waals surface area (Å²) >= 11 is -2.12. The summed E-state index contributed by atoms with van der Waals surface area (Å²) in [4.78, 5) is 0. The van der Waals surface area contributed by atoms with Crippen molar-refractivity contribution >= 4 is 18.4 Å². The van der Waals surface area contributed by atoms with Crippen molar-refractivity contribution in [1.29, 1.82) is 0 Å². The molecule has 0 fully saturated rings. The number of aliphatic hydroxyl groups is 1. The standard InChI is InChI=1S/C11H17O.3C4H9.Sn/c1-4-6-7-9-10(3)11(12)8-5-2;3*1-3-4-2;/h1,4,6-7,9,11-12H,5,8H2,2-3H3;3*1,3-4H2,2H3;/b4-1?,7-6+,10-9+;;;;. The van der Waals surface area contributed by atoms with E-state index in [-0.39, 0.29) is 6.10 Å². The van der Waals surface area contributed by atoms with Gasteiger partial charge in [-0.25, -0.2) is 0 Å². The van der Waals surface area contributed by atoms with Crippen LogP contribution in [0.4, 0.5) is 0 Å². The van der Waals surface area contributed by atoms with E-state index in [1.54, 1.807) is 0 Å². The van der Waals surface area contributed by atoms with E-state index in [1.165, 1.54) is 51.8 Å². The van der Waals surface area contributed by atoms with Gasteiger partial charge in [-0.1, -0.05) is 0 Å². The van der Waals surface area contributed by atoms with E-state index in [1.807, 2.05) is 6.92 Å². The second-order valence-electron chi connectivity index (χ2n) is 7.63. The third-order valence-corrected chi connectivity index (χ3v) is 19.3. The molecule has 0 bridgehead atoms. The Morgan fingerprint density at radius 2 is 1.32 bits per heavy atom. The van der Waals surface area contributed by atoms with Crippen molar-refractivity contribution < 1.29 is 5.11 Å². The average Bonchev–Trinajstić information content (AvgIpc) is 2.62. The molecule has 0 radical (unpaired) electrons. The van der Waals surface area contributed by atoms with E-state index in [9.17, 15) is 5.11 Å². The summed E-state index contributed by atoms with van der Waals surface area (Å²) in [5, 5.41) is 9.98. The monoisotopic (exact) mass is 456 g/mol. The summed E-state index contributed by atoms with van der Waals surface area (Å²) in [6, 6.07) is 0. The molecule has 0 aromatic rings. The topological polar surface area (TPSA) is 20.2 Å². The Labute approximate surface area is 162 Å². The van der Waals surface area contributed by atoms with Crippen LogP contribution in [0, 0.1) is 0 Å². The van der Waals surface area contributed by atoms with Gasteiger partial charge in [0.1, 0.15) is 0 Å². The van der Waals surface area contributed by atoms with E-state index in [4.69, 9.17) is 0 Å². The van der Waals surface area contributed by atoms with Crippen molar-refractivity contribution in [3.63, 3.8) is 0 Å². The Morgan fingerprint density at radius 1 is 0.800 bits per heavy atom. The molecular formula is C23H44OSn. The summed E-state index contributed by atoms with van der Waals surface area (Å²) in [5.41, 5.74) is 1.07. The van der Waals surface area contributed by atoms with Crippen LogP contribution in [-0.2, 0) is 0 Å². The van der Waals surface area contributed by atoms with Crippen LogP contribution < -0.4 is 0 Å². The van der Waals surface area contributed by atoms with Crippen LogP contribution >= 0.6 is 0 Å². The van der Waals surface area contributed by atoms with E-state index < -0.39 is 18.4 Å². The van der Waals surface area contributed by atoms with E-state index in [0.29, 0.717) is 0 Å². The molecule has 0 saturated carbocycles. The average molecular weight is 455 g/mol. The van der Waals surface area contributed by atoms with Crippen molar-refractivity contribution in [3.05, 3.63) is 34.0 Å². The molecule has 0 aromatic heterocycles. The third kappa shape index (κ3) is 12.1. The number of allylic oxidation sites excluding steroid dienone is 4. The fourth-order valence-electron chi connectivity index (χ4n) is 3.35. The molecule has 25 heavy (non-hydrogen) atoms. The molecule has 0 spiro atoms. The zero-order chi connectivity index (χ0) is 19.0. The zero-order valence-corrected chi connectivity index (χ0v) is 20.5. The van der Waals surface area contributed by atoms with Gasteiger partial charge in [0, 0.05) is 0 Å². The maximum absolute atomic E-state index is 9.98. The maximum atomic E-state index is 9.98. The summed E-state index contributed by atoms with van der Waals surface area (Å²) in [7, 11) is 0. The van der Waals surface area contributed by atoms with Crippen molar-refractivity contribution in [2.24, 2.45) is 0 Å². The van der Waals surface area contributed by atoms with Gasteiger partial charge in [0.2, 0.25) is 0 Å². The number of aliphatic hydroxyl groups excluding tert-OH is 1. The van der Waals surface area contributed by atoms with E-state index in [0.717, 1.165) is 18.4 Å². The molecule has 1 atom stereocenters. The fraction of sp³-hybridized carbons (Fsp3) is 0.739. The van der Waals surface area contributed by atoms with Crippen LogP contribution in [0.15, 0.2) is 34.0 Å². The van der Waals surface area contributed by atoms with Crippen molar-refractivity contribution in [2.45, 2.75) is 105 Å². The third-order valence-electron chi connectivity index (χ3n) is 5.20. The fourth-order valence-corrected chi connectivity index (χ4v) is 17.5. The number of rotatable bonds is 15. The Kier molecular flexibility index (Phi) is 16.2. The SMILES string of the molecule is CCC[CH2][Sn](/[CH]=C/C=C/C=C(\C)C(O)CCC)([CH2]CCC)[CH2]CCC. The Balaban J connectivity index is 4.96. The molecule has 0 saturated heterocycles. The van der Waals surface area contributed by atoms with Gasteiger partial charge in [-0.2, -0.15) is 0 Å². The minimum atomic E-state index is -2.12. The number of unbranched alkanes of at least 4 members (excludes halogenated alkanes) is 3. The predicted octanol–water partition coefficient (Wildman–Crippen LogP) is 7.59. The normalized spacial score (nSPS) is 14.7. The summed E-state index contributed by atoms with van der Waals surface area (Å²) < 4.78 is 7.27. The van der Waals surface area contributed by atoms with Crippen LogP contribution in [0.3, 0.4) is 0 Å². The van der Waals surface area contributed by atoms with Gasteiger partial charge in [0.25, 0.3) is 0 Å². The first-order chi connectivity index (χ1) is 12.0. The minimum absolute atomic E-state index is 0.282. The summed E-state index contributed by atoms with van der Waals surface area (Å²) in [6.45, 7) is 11.1. The Bertz CT molecular complexity index is 373. The Morgan fingerprint density at radius 3 is 1.76 bits per heavy atom. The Hall–Kier alpha value is -0.0213. The van der Waals surface area contributed by atoms with Crippen molar-refractivity contribution in [3.8, 4) is 0 Å². The molecule has 1 unspecified atom stereocenters. The molecule has 1 nitrogen and oxygen atoms in total. The first-order valence-corrected chi connectivity index (χ1v) is 18.5. The first-order valence-electron chi connectivity index (χ1n) is 10.8. The molecule has 0 aliphatic rings. The van der Waals surface area contributed by atoms with Gasteiger partial charge < -0.3 is 0 Å². The van der Waals surface area contributed by atoms with Gasteiger partial charge in [-0.05, 0) is 0 Å². The van der Waals surface area contributed by atoms with Crippen molar-refractivity contribution in [1.82, 2.24) is 0 Å². The van der Waals surface area contributed by atoms with E-state index in [2.05, 4.69) is 56.1 Å². The first kappa shape index (κ1) is 25.0. The zero-order valence-electron chi connectivity index (χ0n) is 17.7. The molecule has 146 valence electrons. The molecular weight excluding hydrogens is 411 g/mol. The van der Waals surface area contributed by atoms with Crippen LogP contribution in [0.25, 0.3) is 0 Å². The number of hydrogen-bond donors (Lipinski definition) is 1. The molecule has 0 aliphatic carbocycles. The van der Waals surface area contributed by atoms with Crippen LogP contribution in [0.5, 0.6) is 0 Å². The quantitative estimate of drug-likeness (QED) is 0.199. The second kappa shape index (κ2) is 16.2. The van der Waals surface area contributed by atoms with Gasteiger partial charge >= 0.3 is 163 Å².